The van der Waals surface area contributed by atoms with Gasteiger partial charge in [-0.25, -0.2) is 4.58 Å². The maximum Gasteiger partial charge on any atom is 0.136 e. The second kappa shape index (κ2) is 4.96. The first-order chi connectivity index (χ1) is 2.27. The van der Waals surface area contributed by atoms with Crippen LogP contribution in [0.2, 0.25) is 0 Å². The number of hydrogen-bond donors (Lipinski definition) is 0. The third-order valence-electron chi connectivity index (χ3n) is 0.516. The maximum absolute atomic E-state index is 2.00. The molecule has 6 heavy (non-hydrogen) atoms. The van der Waals surface area contributed by atoms with E-state index in [1.807, 2.05) is 31.8 Å². The number of nitrogens with zero attached hydrogens (tertiary/aromatic N) is 1. The highest BCUT2D eigenvalue weighted by Crippen LogP contribution is 1.43. The smallest absolute Gasteiger partial charge is 0.136 e. The minimum Gasteiger partial charge on any atom is -1.00 e. The minimum atomic E-state index is 0. The van der Waals surface area contributed by atoms with Crippen molar-refractivity contribution in [2.24, 2.45) is 0 Å². The molecule has 1 nitrogen and oxygen atoms in total. The van der Waals surface area contributed by atoms with Crippen molar-refractivity contribution in [2.75, 3.05) is 14.1 Å². The molecule has 0 aliphatic carbocycles. The van der Waals surface area contributed by atoms with Gasteiger partial charge in [-0.15, -0.1) is 0 Å². The Labute approximate surface area is 45.1 Å². The van der Waals surface area contributed by atoms with E-state index in [0.717, 1.165) is 0 Å². The van der Waals surface area contributed by atoms with Crippen LogP contribution in [0.1, 0.15) is 6.92 Å². The molecule has 0 aliphatic heterocycles. The summed E-state index contributed by atoms with van der Waals surface area (Å²) in [5, 5.41) is 0. The summed E-state index contributed by atoms with van der Waals surface area (Å²) < 4.78 is 2.00. The SMILES string of the molecule is CC=[N+](C)C.[Cl-]. The standard InChI is InChI=1S/C4H10N.ClH/c1-4-5(2)3;/h4H,1-3H3;1H/q+1;/p-1. The molecule has 0 fully saturated rings. The lowest BCUT2D eigenvalue weighted by atomic mass is 10.8. The van der Waals surface area contributed by atoms with Gasteiger partial charge in [-0.1, -0.05) is 0 Å². The fourth-order valence-electron chi connectivity index (χ4n) is 0. The highest BCUT2D eigenvalue weighted by atomic mass is 35.5. The normalized spacial score (nSPS) is 5.83. The van der Waals surface area contributed by atoms with Gasteiger partial charge in [-0.05, 0) is 0 Å². The van der Waals surface area contributed by atoms with Crippen LogP contribution in [0, 0.1) is 0 Å². The predicted molar refractivity (Wildman–Crippen MR) is 23.8 cm³/mol. The van der Waals surface area contributed by atoms with Crippen LogP contribution in [0.15, 0.2) is 0 Å². The summed E-state index contributed by atoms with van der Waals surface area (Å²) in [5.74, 6) is 0. The quantitative estimate of drug-likeness (QED) is 0.235. The molecule has 38 valence electrons. The van der Waals surface area contributed by atoms with E-state index in [1.165, 1.54) is 0 Å². The number of halogens is 1. The molecular formula is C4H10ClN. The van der Waals surface area contributed by atoms with Crippen molar-refractivity contribution in [3.05, 3.63) is 0 Å². The fraction of sp³-hybridized carbons (Fsp3) is 0.750. The zero-order chi connectivity index (χ0) is 4.28. The van der Waals surface area contributed by atoms with Crippen LogP contribution in [0.25, 0.3) is 0 Å². The van der Waals surface area contributed by atoms with Crippen LogP contribution < -0.4 is 12.4 Å². The van der Waals surface area contributed by atoms with Gasteiger partial charge < -0.3 is 12.4 Å². The molecule has 0 aromatic rings. The lowest BCUT2D eigenvalue weighted by molar-refractivity contribution is -0.459. The molecule has 0 atom stereocenters. The van der Waals surface area contributed by atoms with Gasteiger partial charge in [0.05, 0.1) is 0 Å². The van der Waals surface area contributed by atoms with Gasteiger partial charge >= 0.3 is 0 Å². The van der Waals surface area contributed by atoms with Gasteiger partial charge in [0.2, 0.25) is 0 Å². The van der Waals surface area contributed by atoms with Gasteiger partial charge in [0.1, 0.15) is 20.3 Å². The van der Waals surface area contributed by atoms with Crippen molar-refractivity contribution in [3.63, 3.8) is 0 Å². The predicted octanol–water partition coefficient (Wildman–Crippen LogP) is -2.65. The summed E-state index contributed by atoms with van der Waals surface area (Å²) >= 11 is 0. The van der Waals surface area contributed by atoms with E-state index in [1.54, 1.807) is 0 Å². The Hall–Kier alpha value is -0.0400. The van der Waals surface area contributed by atoms with Gasteiger partial charge in [-0.2, -0.15) is 0 Å². The number of hydrogen-bond acceptors (Lipinski definition) is 0. The third kappa shape index (κ3) is 9.03. The Kier molecular flexibility index (Phi) is 7.73. The Morgan fingerprint density at radius 2 is 1.50 bits per heavy atom. The van der Waals surface area contributed by atoms with E-state index in [0.29, 0.717) is 0 Å². The van der Waals surface area contributed by atoms with Crippen LogP contribution >= 0.6 is 0 Å². The second-order valence-electron chi connectivity index (χ2n) is 1.22. The first-order valence-corrected chi connectivity index (χ1v) is 1.73. The summed E-state index contributed by atoms with van der Waals surface area (Å²) in [6.45, 7) is 2.00. The number of rotatable bonds is 0. The Bertz CT molecular complexity index is 45.5. The van der Waals surface area contributed by atoms with Gasteiger partial charge in [0.15, 0.2) is 0 Å². The van der Waals surface area contributed by atoms with E-state index in [9.17, 15) is 0 Å². The van der Waals surface area contributed by atoms with Gasteiger partial charge in [0.25, 0.3) is 0 Å². The summed E-state index contributed by atoms with van der Waals surface area (Å²) in [6, 6.07) is 0. The van der Waals surface area contributed by atoms with E-state index in [2.05, 4.69) is 0 Å². The zero-order valence-electron chi connectivity index (χ0n) is 4.40. The topological polar surface area (TPSA) is 3.01 Å². The molecule has 0 unspecified atom stereocenters. The van der Waals surface area contributed by atoms with Crippen molar-refractivity contribution < 1.29 is 17.0 Å². The highest BCUT2D eigenvalue weighted by Gasteiger charge is 1.64. The lowest BCUT2D eigenvalue weighted by Crippen LogP contribution is -3.00. The first kappa shape index (κ1) is 9.35. The highest BCUT2D eigenvalue weighted by molar-refractivity contribution is 5.46. The van der Waals surface area contributed by atoms with Crippen molar-refractivity contribution in [3.8, 4) is 0 Å². The molecule has 0 bridgehead atoms. The zero-order valence-corrected chi connectivity index (χ0v) is 5.16. The first-order valence-electron chi connectivity index (χ1n) is 1.73. The van der Waals surface area contributed by atoms with E-state index in [4.69, 9.17) is 0 Å². The van der Waals surface area contributed by atoms with Crippen LogP contribution in [-0.2, 0) is 0 Å². The van der Waals surface area contributed by atoms with Crippen molar-refractivity contribution >= 4 is 6.21 Å². The molecule has 0 rings (SSSR count). The monoisotopic (exact) mass is 107 g/mol. The lowest BCUT2D eigenvalue weighted by Gasteiger charge is -1.72. The molecule has 0 aromatic carbocycles. The second-order valence-corrected chi connectivity index (χ2v) is 1.22. The minimum absolute atomic E-state index is 0. The Morgan fingerprint density at radius 1 is 1.33 bits per heavy atom. The molecule has 0 radical (unpaired) electrons. The third-order valence-corrected chi connectivity index (χ3v) is 0.516. The summed E-state index contributed by atoms with van der Waals surface area (Å²) in [4.78, 5) is 0. The van der Waals surface area contributed by atoms with Crippen LogP contribution in [-0.4, -0.2) is 24.9 Å². The molecule has 0 heterocycles. The largest absolute Gasteiger partial charge is 1.00 e. The van der Waals surface area contributed by atoms with Gasteiger partial charge in [0, 0.05) is 6.92 Å². The van der Waals surface area contributed by atoms with Crippen molar-refractivity contribution in [2.45, 2.75) is 6.92 Å². The molecule has 2 heteroatoms. The summed E-state index contributed by atoms with van der Waals surface area (Å²) in [7, 11) is 4.00. The van der Waals surface area contributed by atoms with E-state index < -0.39 is 0 Å². The Morgan fingerprint density at radius 3 is 1.50 bits per heavy atom. The molecule has 0 N–H and O–H groups in total. The molecule has 0 aliphatic rings. The Balaban J connectivity index is 0. The van der Waals surface area contributed by atoms with E-state index in [-0.39, 0.29) is 12.4 Å². The van der Waals surface area contributed by atoms with Crippen LogP contribution in [0.3, 0.4) is 0 Å². The molecule has 0 saturated carbocycles. The molecule has 0 aromatic heterocycles. The molecular weight excluding hydrogens is 97.5 g/mol. The van der Waals surface area contributed by atoms with Crippen LogP contribution in [0.4, 0.5) is 0 Å². The maximum atomic E-state index is 2.00. The van der Waals surface area contributed by atoms with Crippen molar-refractivity contribution in [1.82, 2.24) is 0 Å². The van der Waals surface area contributed by atoms with Crippen LogP contribution in [0.5, 0.6) is 0 Å². The van der Waals surface area contributed by atoms with Gasteiger partial charge in [-0.3, -0.25) is 0 Å². The average molecular weight is 108 g/mol. The summed E-state index contributed by atoms with van der Waals surface area (Å²) in [5.41, 5.74) is 0. The molecule has 0 saturated heterocycles. The fourth-order valence-corrected chi connectivity index (χ4v) is 0. The molecule has 0 spiro atoms. The average Bonchev–Trinajstić information content (AvgIpc) is 1.38. The van der Waals surface area contributed by atoms with E-state index >= 15 is 0 Å². The van der Waals surface area contributed by atoms with Crippen molar-refractivity contribution in [1.29, 1.82) is 0 Å². The summed E-state index contributed by atoms with van der Waals surface area (Å²) in [6.07, 6.45) is 2.00. The molecule has 0 amide bonds.